The maximum atomic E-state index is 14.4. The first-order chi connectivity index (χ1) is 21.7. The van der Waals surface area contributed by atoms with Gasteiger partial charge in [-0.3, -0.25) is 14.4 Å². The fourth-order valence-corrected chi connectivity index (χ4v) is 7.22. The van der Waals surface area contributed by atoms with Crippen molar-refractivity contribution >= 4 is 23.7 Å². The molecule has 1 aliphatic heterocycles. The van der Waals surface area contributed by atoms with Crippen LogP contribution in [0.5, 0.6) is 0 Å². The molecule has 0 aromatic heterocycles. The van der Waals surface area contributed by atoms with Gasteiger partial charge in [0.25, 0.3) is 0 Å². The summed E-state index contributed by atoms with van der Waals surface area (Å²) in [6.45, 7) is 19.4. The average molecular weight is 742 g/mol. The maximum Gasteiger partial charge on any atom is 0.338 e. The standard InChI is InChI=1S/C35H43O9.C2H6.CH3.Y/c1-9-14-26-34(19-41-26,44-23(6)36)29-20(3)21(4)30(38)28-22(5)25(42-27(37)15-10-2)18-35(40,33(28,7)8)31(29)43-32(39)24-16-12-11-13-17-24;1-2;;/h10-13,15-17,25-26,29,31,40H,2,9,14,18-19H2,1,3-8H3;1-2H3;1H3;/q-1;;-1;/b15-10+,21-20-;;;/t25-,26+,29+,31-,34-,35+;;;/m0.../s1. The first-order valence-electron chi connectivity index (χ1n) is 16.1. The van der Waals surface area contributed by atoms with Crippen molar-refractivity contribution in [2.75, 3.05) is 6.61 Å². The smallest absolute Gasteiger partial charge is 0.338 e. The van der Waals surface area contributed by atoms with Crippen LogP contribution >= 0.6 is 0 Å². The van der Waals surface area contributed by atoms with Crippen molar-refractivity contribution in [2.24, 2.45) is 11.3 Å². The van der Waals surface area contributed by atoms with Crippen molar-refractivity contribution in [3.63, 3.8) is 0 Å². The molecule has 48 heavy (non-hydrogen) atoms. The van der Waals surface area contributed by atoms with Crippen molar-refractivity contribution in [2.45, 2.75) is 111 Å². The molecule has 6 atom stereocenters. The summed E-state index contributed by atoms with van der Waals surface area (Å²) >= 11 is 0. The van der Waals surface area contributed by atoms with Crippen molar-refractivity contribution in [3.8, 4) is 0 Å². The van der Waals surface area contributed by atoms with Crippen LogP contribution in [0.1, 0.15) is 91.9 Å². The van der Waals surface area contributed by atoms with Gasteiger partial charge in [0.05, 0.1) is 18.1 Å². The summed E-state index contributed by atoms with van der Waals surface area (Å²) in [6, 6.07) is 8.38. The molecule has 2 aliphatic carbocycles. The van der Waals surface area contributed by atoms with Crippen LogP contribution in [-0.4, -0.2) is 64.9 Å². The molecule has 2 bridgehead atoms. The van der Waals surface area contributed by atoms with Gasteiger partial charge >= 0.3 is 11.9 Å². The second-order valence-electron chi connectivity index (χ2n) is 12.6. The van der Waals surface area contributed by atoms with E-state index in [9.17, 15) is 24.3 Å². The summed E-state index contributed by atoms with van der Waals surface area (Å²) in [5, 5.41) is 13.1. The third-order valence-corrected chi connectivity index (χ3v) is 9.70. The van der Waals surface area contributed by atoms with Crippen LogP contribution in [0, 0.1) is 25.7 Å². The number of ketones is 1. The minimum Gasteiger partial charge on any atom is -0.468 e. The van der Waals surface area contributed by atoms with Gasteiger partial charge in [-0.1, -0.05) is 64.8 Å². The van der Waals surface area contributed by atoms with Crippen LogP contribution in [0.3, 0.4) is 0 Å². The third-order valence-electron chi connectivity index (χ3n) is 9.70. The SMILES string of the molecule is CC.[CH2-]/C=C/C(=O)O[C@H]1C[C@@]2(O)[C@@H](OC(=O)c3ccccc3)[C@H]([C@]3(OC(C)=O)CO[C@@H]3CCC)/C(C)=C(/C)C(=O)C(=C1C)C2(C)C.[CH3-].[Y]. The number of ether oxygens (including phenoxy) is 4. The molecule has 1 aromatic carbocycles. The fourth-order valence-electron chi connectivity index (χ4n) is 7.22. The molecule has 263 valence electrons. The summed E-state index contributed by atoms with van der Waals surface area (Å²) in [7, 11) is 0. The molecule has 1 N–H and O–H groups in total. The van der Waals surface area contributed by atoms with Gasteiger partial charge in [0.2, 0.25) is 5.97 Å². The zero-order valence-corrected chi connectivity index (χ0v) is 33.0. The van der Waals surface area contributed by atoms with E-state index in [1.807, 2.05) is 20.8 Å². The Hall–Kier alpha value is -2.59. The van der Waals surface area contributed by atoms with E-state index in [4.69, 9.17) is 18.9 Å². The van der Waals surface area contributed by atoms with Gasteiger partial charge in [0.1, 0.15) is 23.9 Å². The van der Waals surface area contributed by atoms with Crippen molar-refractivity contribution in [1.29, 1.82) is 0 Å². The zero-order valence-electron chi connectivity index (χ0n) is 30.2. The number of aliphatic hydroxyl groups is 1. The average Bonchev–Trinajstić information content (AvgIpc) is 3.01. The number of hydrogen-bond donors (Lipinski definition) is 1. The van der Waals surface area contributed by atoms with Crippen LogP contribution in [0.15, 0.2) is 64.8 Å². The van der Waals surface area contributed by atoms with Gasteiger partial charge in [0, 0.05) is 57.0 Å². The largest absolute Gasteiger partial charge is 0.468 e. The number of allylic oxidation sites excluding steroid dienone is 2. The van der Waals surface area contributed by atoms with Crippen LogP contribution in [0.25, 0.3) is 0 Å². The molecule has 1 radical (unpaired) electrons. The quantitative estimate of drug-likeness (QED) is 0.138. The molecule has 1 heterocycles. The Balaban J connectivity index is 0.00000283. The van der Waals surface area contributed by atoms with Gasteiger partial charge in [-0.15, -0.1) is 6.08 Å². The monoisotopic (exact) mass is 741 g/mol. The molecule has 0 amide bonds. The Labute approximate surface area is 311 Å². The molecule has 1 saturated heterocycles. The summed E-state index contributed by atoms with van der Waals surface area (Å²) in [4.78, 5) is 53.5. The number of rotatable bonds is 8. The maximum absolute atomic E-state index is 14.4. The minimum atomic E-state index is -1.98. The Morgan fingerprint density at radius 2 is 1.67 bits per heavy atom. The van der Waals surface area contributed by atoms with Crippen LogP contribution in [0.4, 0.5) is 0 Å². The summed E-state index contributed by atoms with van der Waals surface area (Å²) < 4.78 is 24.2. The molecule has 1 fully saturated rings. The molecule has 10 heteroatoms. The van der Waals surface area contributed by atoms with E-state index < -0.39 is 58.8 Å². The Bertz CT molecular complexity index is 1430. The van der Waals surface area contributed by atoms with Gasteiger partial charge in [-0.05, 0) is 50.5 Å². The van der Waals surface area contributed by atoms with Gasteiger partial charge in [0.15, 0.2) is 11.4 Å². The minimum absolute atomic E-state index is 0. The number of carbonyl (C=O) groups is 4. The molecule has 0 unspecified atom stereocenters. The number of hydrogen-bond acceptors (Lipinski definition) is 9. The molecule has 0 saturated carbocycles. The molecule has 0 spiro atoms. The number of Topliss-reactive ketones (excluding diaryl/α,β-unsaturated/α-hetero) is 1. The van der Waals surface area contributed by atoms with Crippen molar-refractivity contribution < 1.29 is 75.9 Å². The second kappa shape index (κ2) is 17.4. The Morgan fingerprint density at radius 3 is 2.17 bits per heavy atom. The van der Waals surface area contributed by atoms with E-state index >= 15 is 0 Å². The van der Waals surface area contributed by atoms with Gasteiger partial charge in [-0.25, -0.2) is 17.8 Å². The van der Waals surface area contributed by atoms with Crippen molar-refractivity contribution in [1.82, 2.24) is 0 Å². The van der Waals surface area contributed by atoms with Crippen LogP contribution < -0.4 is 0 Å². The Kier molecular flexibility index (Phi) is 15.7. The van der Waals surface area contributed by atoms with E-state index in [1.54, 1.807) is 65.0 Å². The predicted molar refractivity (Wildman–Crippen MR) is 180 cm³/mol. The van der Waals surface area contributed by atoms with E-state index in [0.717, 1.165) is 6.08 Å². The first-order valence-corrected chi connectivity index (χ1v) is 16.1. The first kappa shape index (κ1) is 43.4. The second-order valence-corrected chi connectivity index (χ2v) is 12.6. The molecule has 4 rings (SSSR count). The molecule has 9 nitrogen and oxygen atoms in total. The van der Waals surface area contributed by atoms with E-state index in [-0.39, 0.29) is 70.1 Å². The number of carbonyl (C=O) groups excluding carboxylic acids is 4. The van der Waals surface area contributed by atoms with Crippen LogP contribution in [0.2, 0.25) is 0 Å². The van der Waals surface area contributed by atoms with Crippen LogP contribution in [-0.2, 0) is 66.0 Å². The molecule has 1 aromatic rings. The number of fused-ring (bicyclic) bond motifs is 2. The molecular weight excluding hydrogens is 689 g/mol. The normalized spacial score (nSPS) is 30.6. The van der Waals surface area contributed by atoms with Gasteiger partial charge < -0.3 is 31.5 Å². The summed E-state index contributed by atoms with van der Waals surface area (Å²) in [5.74, 6) is -3.28. The summed E-state index contributed by atoms with van der Waals surface area (Å²) in [6.07, 6.45) is 0.519. The van der Waals surface area contributed by atoms with E-state index in [1.165, 1.54) is 13.0 Å². The van der Waals surface area contributed by atoms with Crippen molar-refractivity contribution in [3.05, 3.63) is 84.7 Å². The topological polar surface area (TPSA) is 125 Å². The fraction of sp³-hybridized carbons (Fsp3) is 0.526. The van der Waals surface area contributed by atoms with E-state index in [2.05, 4.69) is 6.92 Å². The number of esters is 3. The molecule has 3 aliphatic rings. The van der Waals surface area contributed by atoms with Gasteiger partial charge in [-0.2, -0.15) is 0 Å². The molecular formula is C38H52O9Y-2. The Morgan fingerprint density at radius 1 is 1.06 bits per heavy atom. The third kappa shape index (κ3) is 7.75. The predicted octanol–water partition coefficient (Wildman–Crippen LogP) is 6.50. The van der Waals surface area contributed by atoms with E-state index in [0.29, 0.717) is 29.6 Å². The number of benzene rings is 1. The summed E-state index contributed by atoms with van der Waals surface area (Å²) in [5.41, 5.74) is -2.73. The zero-order chi connectivity index (χ0) is 34.6.